The standard InChI is InChI=1S/C21H18N4O4S2/c1-13-20(23-21(26)15-5-6-15)18(29-24-13)9-7-17-8-10-19(30-17)31(27,28)25-16-4-2-3-14(11-16)12-22/h2-4,7-11,15,25H,5-6H2,1H3,(H,23,26). The number of aryl methyl sites for hydroxylation is 1. The Kier molecular flexibility index (Phi) is 5.63. The third-order valence-electron chi connectivity index (χ3n) is 4.60. The number of anilines is 2. The zero-order valence-corrected chi connectivity index (χ0v) is 18.1. The number of aromatic nitrogens is 1. The van der Waals surface area contributed by atoms with Gasteiger partial charge in [0.1, 0.15) is 15.6 Å². The zero-order valence-electron chi connectivity index (χ0n) is 16.5. The first-order valence-corrected chi connectivity index (χ1v) is 11.7. The molecule has 0 bridgehead atoms. The van der Waals surface area contributed by atoms with E-state index in [1.807, 2.05) is 6.07 Å². The highest BCUT2D eigenvalue weighted by atomic mass is 32.2. The molecule has 1 amide bonds. The highest BCUT2D eigenvalue weighted by Gasteiger charge is 2.30. The zero-order chi connectivity index (χ0) is 22.0. The van der Waals surface area contributed by atoms with Gasteiger partial charge in [-0.1, -0.05) is 11.2 Å². The van der Waals surface area contributed by atoms with E-state index in [1.54, 1.807) is 43.3 Å². The largest absolute Gasteiger partial charge is 0.354 e. The molecule has 2 N–H and O–H groups in total. The first-order chi connectivity index (χ1) is 14.9. The molecule has 2 aromatic heterocycles. The molecule has 1 aliphatic rings. The number of nitriles is 1. The van der Waals surface area contributed by atoms with Gasteiger partial charge in [-0.2, -0.15) is 5.26 Å². The molecular weight excluding hydrogens is 436 g/mol. The van der Waals surface area contributed by atoms with Crippen LogP contribution in [0.25, 0.3) is 12.2 Å². The van der Waals surface area contributed by atoms with Gasteiger partial charge >= 0.3 is 0 Å². The summed E-state index contributed by atoms with van der Waals surface area (Å²) in [5.41, 5.74) is 1.78. The topological polar surface area (TPSA) is 125 Å². The van der Waals surface area contributed by atoms with Crippen LogP contribution in [0.1, 0.15) is 34.7 Å². The van der Waals surface area contributed by atoms with E-state index in [4.69, 9.17) is 9.78 Å². The molecule has 0 spiro atoms. The lowest BCUT2D eigenvalue weighted by atomic mass is 10.2. The van der Waals surface area contributed by atoms with Crippen LogP contribution in [-0.2, 0) is 14.8 Å². The van der Waals surface area contributed by atoms with Crippen molar-refractivity contribution in [2.24, 2.45) is 5.92 Å². The third kappa shape index (κ3) is 4.84. The van der Waals surface area contributed by atoms with Crippen LogP contribution in [0.2, 0.25) is 0 Å². The number of hydrogen-bond donors (Lipinski definition) is 2. The van der Waals surface area contributed by atoms with E-state index < -0.39 is 10.0 Å². The number of rotatable bonds is 7. The summed E-state index contributed by atoms with van der Waals surface area (Å²) in [6.07, 6.45) is 5.13. The summed E-state index contributed by atoms with van der Waals surface area (Å²) in [5.74, 6) is 0.408. The fraction of sp³-hybridized carbons (Fsp3) is 0.190. The first-order valence-electron chi connectivity index (χ1n) is 9.44. The number of carbonyl (C=O) groups is 1. The molecule has 2 heterocycles. The van der Waals surface area contributed by atoms with Crippen molar-refractivity contribution in [3.8, 4) is 6.07 Å². The minimum atomic E-state index is -3.79. The van der Waals surface area contributed by atoms with Crippen LogP contribution in [-0.4, -0.2) is 19.5 Å². The van der Waals surface area contributed by atoms with Crippen molar-refractivity contribution in [2.45, 2.75) is 24.0 Å². The molecule has 1 fully saturated rings. The number of nitrogens with one attached hydrogen (secondary N) is 2. The average Bonchev–Trinajstić information content (AvgIpc) is 3.39. The minimum absolute atomic E-state index is 0.0444. The Balaban J connectivity index is 1.49. The van der Waals surface area contributed by atoms with Gasteiger partial charge in [-0.05, 0) is 62.2 Å². The second kappa shape index (κ2) is 8.37. The molecule has 158 valence electrons. The fourth-order valence-corrected chi connectivity index (χ4v) is 5.09. The predicted octanol–water partition coefficient (Wildman–Crippen LogP) is 4.24. The van der Waals surface area contributed by atoms with Crippen LogP contribution >= 0.6 is 11.3 Å². The Hall–Kier alpha value is -3.42. The molecule has 10 heteroatoms. The number of hydrogen-bond acceptors (Lipinski definition) is 7. The van der Waals surface area contributed by atoms with Crippen molar-refractivity contribution >= 4 is 50.8 Å². The van der Waals surface area contributed by atoms with Crippen molar-refractivity contribution in [3.63, 3.8) is 0 Å². The normalized spacial score (nSPS) is 13.8. The average molecular weight is 455 g/mol. The molecule has 3 aromatic rings. The Bertz CT molecular complexity index is 1310. The van der Waals surface area contributed by atoms with E-state index in [-0.39, 0.29) is 16.0 Å². The molecule has 31 heavy (non-hydrogen) atoms. The molecule has 4 rings (SSSR count). The van der Waals surface area contributed by atoms with Gasteiger partial charge in [0.15, 0.2) is 5.76 Å². The van der Waals surface area contributed by atoms with Crippen molar-refractivity contribution in [1.29, 1.82) is 5.26 Å². The smallest absolute Gasteiger partial charge is 0.271 e. The minimum Gasteiger partial charge on any atom is -0.354 e. The predicted molar refractivity (Wildman–Crippen MR) is 118 cm³/mol. The van der Waals surface area contributed by atoms with Crippen molar-refractivity contribution < 1.29 is 17.7 Å². The number of nitrogens with zero attached hydrogens (tertiary/aromatic N) is 2. The van der Waals surface area contributed by atoms with Gasteiger partial charge in [0.05, 0.1) is 17.3 Å². The molecule has 8 nitrogen and oxygen atoms in total. The lowest BCUT2D eigenvalue weighted by Gasteiger charge is -2.06. The van der Waals surface area contributed by atoms with Crippen LogP contribution in [0, 0.1) is 24.2 Å². The van der Waals surface area contributed by atoms with Gasteiger partial charge in [0.2, 0.25) is 5.91 Å². The Morgan fingerprint density at radius 2 is 2.10 bits per heavy atom. The van der Waals surface area contributed by atoms with E-state index in [2.05, 4.69) is 15.2 Å². The molecule has 0 saturated heterocycles. The lowest BCUT2D eigenvalue weighted by molar-refractivity contribution is -0.117. The SMILES string of the molecule is Cc1noc(C=Cc2ccc(S(=O)(=O)Nc3cccc(C#N)c3)s2)c1NC(=O)C1CC1. The molecule has 0 atom stereocenters. The lowest BCUT2D eigenvalue weighted by Crippen LogP contribution is -2.14. The summed E-state index contributed by atoms with van der Waals surface area (Å²) in [6.45, 7) is 1.74. The molecule has 0 unspecified atom stereocenters. The third-order valence-corrected chi connectivity index (χ3v) is 7.52. The van der Waals surface area contributed by atoms with Crippen LogP contribution in [0.4, 0.5) is 11.4 Å². The van der Waals surface area contributed by atoms with Crippen molar-refractivity contribution in [3.05, 3.63) is 58.3 Å². The Morgan fingerprint density at radius 1 is 1.29 bits per heavy atom. The Labute approximate surface area is 183 Å². The van der Waals surface area contributed by atoms with Gasteiger partial charge in [0.25, 0.3) is 10.0 Å². The van der Waals surface area contributed by atoms with Crippen LogP contribution in [0.3, 0.4) is 0 Å². The van der Waals surface area contributed by atoms with E-state index in [0.717, 1.165) is 24.2 Å². The number of amides is 1. The van der Waals surface area contributed by atoms with Crippen molar-refractivity contribution in [1.82, 2.24) is 5.16 Å². The van der Waals surface area contributed by atoms with Crippen LogP contribution in [0.15, 0.2) is 45.1 Å². The van der Waals surface area contributed by atoms with E-state index in [0.29, 0.717) is 33.3 Å². The highest BCUT2D eigenvalue weighted by Crippen LogP contribution is 2.32. The summed E-state index contributed by atoms with van der Waals surface area (Å²) in [4.78, 5) is 12.7. The van der Waals surface area contributed by atoms with Gasteiger partial charge < -0.3 is 9.84 Å². The molecule has 1 aliphatic carbocycles. The van der Waals surface area contributed by atoms with Gasteiger partial charge in [0, 0.05) is 10.8 Å². The van der Waals surface area contributed by atoms with E-state index in [1.165, 1.54) is 12.1 Å². The number of thiophene rings is 1. The van der Waals surface area contributed by atoms with Crippen LogP contribution < -0.4 is 10.0 Å². The molecular formula is C21H18N4O4S2. The summed E-state index contributed by atoms with van der Waals surface area (Å²) in [5, 5.41) is 15.7. The summed E-state index contributed by atoms with van der Waals surface area (Å²) in [7, 11) is -3.79. The number of carbonyl (C=O) groups excluding carboxylic acids is 1. The fourth-order valence-electron chi connectivity index (χ4n) is 2.81. The molecule has 0 aliphatic heterocycles. The van der Waals surface area contributed by atoms with E-state index in [9.17, 15) is 13.2 Å². The molecule has 1 aromatic carbocycles. The second-order valence-corrected chi connectivity index (χ2v) is 10.1. The second-order valence-electron chi connectivity index (χ2n) is 7.06. The van der Waals surface area contributed by atoms with Gasteiger partial charge in [-0.15, -0.1) is 11.3 Å². The number of sulfonamides is 1. The summed E-state index contributed by atoms with van der Waals surface area (Å²) >= 11 is 1.08. The van der Waals surface area contributed by atoms with Gasteiger partial charge in [-0.25, -0.2) is 8.42 Å². The number of benzene rings is 1. The maximum Gasteiger partial charge on any atom is 0.271 e. The summed E-state index contributed by atoms with van der Waals surface area (Å²) < 4.78 is 33.2. The van der Waals surface area contributed by atoms with Gasteiger partial charge in [-0.3, -0.25) is 9.52 Å². The molecule has 1 saturated carbocycles. The molecule has 0 radical (unpaired) electrons. The Morgan fingerprint density at radius 3 is 2.84 bits per heavy atom. The van der Waals surface area contributed by atoms with E-state index >= 15 is 0 Å². The maximum atomic E-state index is 12.7. The quantitative estimate of drug-likeness (QED) is 0.550. The first kappa shape index (κ1) is 20.8. The van der Waals surface area contributed by atoms with Crippen LogP contribution in [0.5, 0.6) is 0 Å². The van der Waals surface area contributed by atoms with Crippen molar-refractivity contribution in [2.75, 3.05) is 10.0 Å². The highest BCUT2D eigenvalue weighted by molar-refractivity contribution is 7.94. The monoisotopic (exact) mass is 454 g/mol. The maximum absolute atomic E-state index is 12.7. The summed E-state index contributed by atoms with van der Waals surface area (Å²) in [6, 6.07) is 11.4.